The smallest absolute Gasteiger partial charge is 0.238 e. The fourth-order valence-corrected chi connectivity index (χ4v) is 1.31. The summed E-state index contributed by atoms with van der Waals surface area (Å²) in [6.07, 6.45) is -0.343. The number of nitriles is 1. The van der Waals surface area contributed by atoms with Gasteiger partial charge in [-0.05, 0) is 12.1 Å². The number of benzene rings is 1. The van der Waals surface area contributed by atoms with Gasteiger partial charge in [-0.3, -0.25) is 4.79 Å². The van der Waals surface area contributed by atoms with E-state index in [9.17, 15) is 9.18 Å². The van der Waals surface area contributed by atoms with E-state index in [-0.39, 0.29) is 22.9 Å². The van der Waals surface area contributed by atoms with Crippen molar-refractivity contribution in [3.8, 4) is 11.8 Å². The Morgan fingerprint density at radius 2 is 2.38 bits per heavy atom. The number of halogens is 2. The van der Waals surface area contributed by atoms with Crippen molar-refractivity contribution in [3.05, 3.63) is 23.0 Å². The first-order chi connectivity index (χ1) is 7.60. The largest absolute Gasteiger partial charge is 0.492 e. The van der Waals surface area contributed by atoms with Gasteiger partial charge in [-0.1, -0.05) is 11.6 Å². The number of hydrogen-bond acceptors (Lipinski definition) is 3. The lowest BCUT2D eigenvalue weighted by molar-refractivity contribution is -0.115. The van der Waals surface area contributed by atoms with Gasteiger partial charge in [0.25, 0.3) is 0 Å². The van der Waals surface area contributed by atoms with Crippen molar-refractivity contribution in [2.45, 2.75) is 6.42 Å². The number of carbonyl (C=O) groups is 1. The lowest BCUT2D eigenvalue weighted by Gasteiger charge is -2.09. The van der Waals surface area contributed by atoms with Crippen molar-refractivity contribution < 1.29 is 13.9 Å². The molecule has 0 saturated carbocycles. The zero-order valence-electron chi connectivity index (χ0n) is 8.38. The van der Waals surface area contributed by atoms with Gasteiger partial charge in [-0.25, -0.2) is 4.39 Å². The Kier molecular flexibility index (Phi) is 4.09. The van der Waals surface area contributed by atoms with Gasteiger partial charge in [-0.15, -0.1) is 0 Å². The monoisotopic (exact) mass is 242 g/mol. The topological polar surface area (TPSA) is 62.1 Å². The molecule has 0 aliphatic carbocycles. The van der Waals surface area contributed by atoms with E-state index in [0.29, 0.717) is 0 Å². The summed E-state index contributed by atoms with van der Waals surface area (Å²) >= 11 is 5.67. The number of nitrogens with one attached hydrogen (secondary N) is 1. The molecule has 0 atom stereocenters. The zero-order chi connectivity index (χ0) is 12.1. The van der Waals surface area contributed by atoms with Crippen molar-refractivity contribution >= 4 is 23.2 Å². The molecular weight excluding hydrogens is 235 g/mol. The summed E-state index contributed by atoms with van der Waals surface area (Å²) in [5.74, 6) is -1.50. The lowest BCUT2D eigenvalue weighted by Crippen LogP contribution is -2.11. The summed E-state index contributed by atoms with van der Waals surface area (Å²) in [4.78, 5) is 11.1. The number of ether oxygens (including phenoxy) is 1. The third-order valence-electron chi connectivity index (χ3n) is 1.77. The molecule has 1 aromatic carbocycles. The van der Waals surface area contributed by atoms with Crippen LogP contribution in [0.3, 0.4) is 0 Å². The van der Waals surface area contributed by atoms with Crippen LogP contribution in [0.25, 0.3) is 0 Å². The summed E-state index contributed by atoms with van der Waals surface area (Å²) in [5, 5.41) is 10.6. The van der Waals surface area contributed by atoms with E-state index >= 15 is 0 Å². The van der Waals surface area contributed by atoms with Gasteiger partial charge in [0, 0.05) is 0 Å². The molecule has 84 valence electrons. The van der Waals surface area contributed by atoms with Crippen LogP contribution in [0.2, 0.25) is 5.02 Å². The molecule has 0 fully saturated rings. The molecule has 1 N–H and O–H groups in total. The molecule has 0 aliphatic rings. The number of rotatable bonds is 3. The van der Waals surface area contributed by atoms with E-state index < -0.39 is 11.7 Å². The minimum absolute atomic E-state index is 0.0681. The van der Waals surface area contributed by atoms with Gasteiger partial charge in [0.2, 0.25) is 5.91 Å². The van der Waals surface area contributed by atoms with Gasteiger partial charge in [0.15, 0.2) is 11.6 Å². The van der Waals surface area contributed by atoms with E-state index in [4.69, 9.17) is 21.6 Å². The van der Waals surface area contributed by atoms with E-state index in [2.05, 4.69) is 5.32 Å². The molecule has 6 heteroatoms. The van der Waals surface area contributed by atoms with Gasteiger partial charge in [0.05, 0.1) is 23.9 Å². The molecule has 1 amide bonds. The highest BCUT2D eigenvalue weighted by Crippen LogP contribution is 2.32. The minimum atomic E-state index is -0.763. The first-order valence-electron chi connectivity index (χ1n) is 4.29. The van der Waals surface area contributed by atoms with Gasteiger partial charge < -0.3 is 10.1 Å². The molecular formula is C10H8ClFN2O2. The highest BCUT2D eigenvalue weighted by Gasteiger charge is 2.14. The third-order valence-corrected chi connectivity index (χ3v) is 2.06. The Morgan fingerprint density at radius 3 is 2.94 bits per heavy atom. The van der Waals surface area contributed by atoms with E-state index in [1.54, 1.807) is 6.07 Å². The van der Waals surface area contributed by atoms with Crippen LogP contribution in [0.4, 0.5) is 10.1 Å². The first-order valence-corrected chi connectivity index (χ1v) is 4.66. The fourth-order valence-electron chi connectivity index (χ4n) is 1.08. The second-order valence-corrected chi connectivity index (χ2v) is 3.23. The van der Waals surface area contributed by atoms with Crippen LogP contribution in [0.1, 0.15) is 6.42 Å². The Labute approximate surface area is 96.6 Å². The predicted molar refractivity (Wildman–Crippen MR) is 56.8 cm³/mol. The average Bonchev–Trinajstić information content (AvgIpc) is 2.23. The Morgan fingerprint density at radius 1 is 1.69 bits per heavy atom. The molecule has 0 aromatic heterocycles. The Balaban J connectivity index is 2.99. The van der Waals surface area contributed by atoms with Crippen molar-refractivity contribution in [1.82, 2.24) is 0 Å². The predicted octanol–water partition coefficient (Wildman–Crippen LogP) is 2.34. The highest BCUT2D eigenvalue weighted by atomic mass is 35.5. The molecule has 0 spiro atoms. The number of nitrogens with zero attached hydrogens (tertiary/aromatic N) is 1. The third kappa shape index (κ3) is 2.61. The molecule has 1 aromatic rings. The van der Waals surface area contributed by atoms with Gasteiger partial charge >= 0.3 is 0 Å². The summed E-state index contributed by atoms with van der Waals surface area (Å²) in [7, 11) is 1.27. The van der Waals surface area contributed by atoms with Crippen molar-refractivity contribution in [2.24, 2.45) is 0 Å². The van der Waals surface area contributed by atoms with Gasteiger partial charge in [0.1, 0.15) is 6.42 Å². The molecule has 1 rings (SSSR count). The van der Waals surface area contributed by atoms with E-state index in [0.717, 1.165) is 0 Å². The van der Waals surface area contributed by atoms with Crippen LogP contribution in [0.15, 0.2) is 12.1 Å². The molecule has 0 heterocycles. The van der Waals surface area contributed by atoms with E-state index in [1.165, 1.54) is 19.2 Å². The maximum Gasteiger partial charge on any atom is 0.238 e. The number of methoxy groups -OCH3 is 1. The number of amides is 1. The highest BCUT2D eigenvalue weighted by molar-refractivity contribution is 6.32. The Hall–Kier alpha value is -1.80. The summed E-state index contributed by atoms with van der Waals surface area (Å²) in [6, 6.07) is 4.35. The quantitative estimate of drug-likeness (QED) is 0.885. The summed E-state index contributed by atoms with van der Waals surface area (Å²) in [5.41, 5.74) is -0.0681. The Bertz CT molecular complexity index is 457. The second kappa shape index (κ2) is 5.33. The molecule has 0 aliphatic heterocycles. The molecule has 4 nitrogen and oxygen atoms in total. The van der Waals surface area contributed by atoms with Crippen LogP contribution in [-0.4, -0.2) is 13.0 Å². The maximum atomic E-state index is 13.6. The molecule has 0 bridgehead atoms. The van der Waals surface area contributed by atoms with Crippen LogP contribution in [0, 0.1) is 17.1 Å². The van der Waals surface area contributed by atoms with Crippen LogP contribution >= 0.6 is 11.6 Å². The number of hydrogen-bond donors (Lipinski definition) is 1. The normalized spacial score (nSPS) is 9.38. The average molecular weight is 243 g/mol. The van der Waals surface area contributed by atoms with Crippen LogP contribution < -0.4 is 10.1 Å². The molecule has 0 radical (unpaired) electrons. The van der Waals surface area contributed by atoms with Crippen LogP contribution in [-0.2, 0) is 4.79 Å². The second-order valence-electron chi connectivity index (χ2n) is 2.83. The van der Waals surface area contributed by atoms with Crippen molar-refractivity contribution in [1.29, 1.82) is 5.26 Å². The summed E-state index contributed by atoms with van der Waals surface area (Å²) < 4.78 is 18.4. The van der Waals surface area contributed by atoms with Crippen molar-refractivity contribution in [2.75, 3.05) is 12.4 Å². The number of anilines is 1. The minimum Gasteiger partial charge on any atom is -0.492 e. The van der Waals surface area contributed by atoms with Crippen LogP contribution in [0.5, 0.6) is 5.75 Å². The maximum absolute atomic E-state index is 13.6. The van der Waals surface area contributed by atoms with E-state index in [1.807, 2.05) is 0 Å². The summed E-state index contributed by atoms with van der Waals surface area (Å²) in [6.45, 7) is 0. The zero-order valence-corrected chi connectivity index (χ0v) is 9.14. The first kappa shape index (κ1) is 12.3. The number of carbonyl (C=O) groups excluding carboxylic acids is 1. The SMILES string of the molecule is COc1c(Cl)ccc(NC(=O)CC#N)c1F. The standard InChI is InChI=1S/C10H8ClFN2O2/c1-16-10-6(11)2-3-7(9(10)12)14-8(15)4-5-13/h2-3H,4H2,1H3,(H,14,15). The molecule has 16 heavy (non-hydrogen) atoms. The van der Waals surface area contributed by atoms with Crippen molar-refractivity contribution in [3.63, 3.8) is 0 Å². The fraction of sp³-hybridized carbons (Fsp3) is 0.200. The molecule has 0 unspecified atom stereocenters. The van der Waals surface area contributed by atoms with Gasteiger partial charge in [-0.2, -0.15) is 5.26 Å². The lowest BCUT2D eigenvalue weighted by atomic mass is 10.2. The molecule has 0 saturated heterocycles.